The molecule has 0 radical (unpaired) electrons. The molecule has 0 aliphatic heterocycles. The number of methoxy groups -OCH3 is 1. The van der Waals surface area contributed by atoms with E-state index in [4.69, 9.17) is 4.74 Å². The lowest BCUT2D eigenvalue weighted by Crippen LogP contribution is -2.45. The van der Waals surface area contributed by atoms with Crippen LogP contribution in [0.15, 0.2) is 24.3 Å². The van der Waals surface area contributed by atoms with E-state index in [9.17, 15) is 5.11 Å². The summed E-state index contributed by atoms with van der Waals surface area (Å²) in [6, 6.07) is 8.35. The Hall–Kier alpha value is -0.860. The number of ether oxygens (including phenoxy) is 1. The van der Waals surface area contributed by atoms with E-state index in [0.29, 0.717) is 18.8 Å². The Bertz CT molecular complexity index is 378. The quantitative estimate of drug-likeness (QED) is 0.868. The molecule has 2 nitrogen and oxygen atoms in total. The third kappa shape index (κ3) is 2.70. The molecule has 0 bridgehead atoms. The third-order valence-corrected chi connectivity index (χ3v) is 3.57. The fourth-order valence-corrected chi connectivity index (χ4v) is 2.56. The van der Waals surface area contributed by atoms with Crippen molar-refractivity contribution in [1.82, 2.24) is 0 Å². The number of benzene rings is 1. The van der Waals surface area contributed by atoms with Gasteiger partial charge in [-0.05, 0) is 23.5 Å². The molecular formula is C15H22O2. The Labute approximate surface area is 104 Å². The molecule has 0 saturated heterocycles. The van der Waals surface area contributed by atoms with Crippen LogP contribution in [0.4, 0.5) is 0 Å². The van der Waals surface area contributed by atoms with Crippen molar-refractivity contribution in [1.29, 1.82) is 0 Å². The molecule has 0 amide bonds. The predicted octanol–water partition coefficient (Wildman–Crippen LogP) is 2.88. The van der Waals surface area contributed by atoms with E-state index < -0.39 is 5.60 Å². The molecule has 1 aliphatic carbocycles. The van der Waals surface area contributed by atoms with Gasteiger partial charge in [-0.3, -0.25) is 0 Å². The number of aliphatic hydroxyl groups is 1. The summed E-state index contributed by atoms with van der Waals surface area (Å²) < 4.78 is 5.24. The fourth-order valence-electron chi connectivity index (χ4n) is 2.56. The van der Waals surface area contributed by atoms with Crippen LogP contribution in [0, 0.1) is 5.92 Å². The van der Waals surface area contributed by atoms with Gasteiger partial charge in [0.2, 0.25) is 0 Å². The van der Waals surface area contributed by atoms with E-state index in [0.717, 1.165) is 12.0 Å². The Balaban J connectivity index is 2.11. The molecule has 1 N–H and O–H groups in total. The van der Waals surface area contributed by atoms with Crippen LogP contribution >= 0.6 is 0 Å². The maximum Gasteiger partial charge on any atom is 0.0946 e. The van der Waals surface area contributed by atoms with Crippen LogP contribution in [0.1, 0.15) is 37.8 Å². The van der Waals surface area contributed by atoms with Gasteiger partial charge in [-0.2, -0.15) is 0 Å². The van der Waals surface area contributed by atoms with Gasteiger partial charge in [-0.1, -0.05) is 38.1 Å². The van der Waals surface area contributed by atoms with Crippen molar-refractivity contribution in [2.45, 2.75) is 44.8 Å². The van der Waals surface area contributed by atoms with Crippen LogP contribution in [-0.2, 0) is 16.8 Å². The third-order valence-electron chi connectivity index (χ3n) is 3.57. The van der Waals surface area contributed by atoms with Crippen molar-refractivity contribution in [3.8, 4) is 0 Å². The largest absolute Gasteiger partial charge is 0.385 e. The first-order valence-electron chi connectivity index (χ1n) is 6.38. The highest BCUT2D eigenvalue weighted by Crippen LogP contribution is 2.42. The molecule has 2 heteroatoms. The molecule has 0 unspecified atom stereocenters. The van der Waals surface area contributed by atoms with Gasteiger partial charge in [0.15, 0.2) is 0 Å². The van der Waals surface area contributed by atoms with E-state index in [1.165, 1.54) is 5.56 Å². The predicted molar refractivity (Wildman–Crippen MR) is 68.9 cm³/mol. The highest BCUT2D eigenvalue weighted by atomic mass is 16.5. The van der Waals surface area contributed by atoms with Gasteiger partial charge in [-0.25, -0.2) is 0 Å². The standard InChI is InChI=1S/C15H22O2/c1-11(2)7-12-5-4-6-13(8-12)15(16)9-14(10-15)17-3/h4-6,8,11,14,16H,7,9-10H2,1-3H3. The van der Waals surface area contributed by atoms with E-state index in [1.807, 2.05) is 12.1 Å². The summed E-state index contributed by atoms with van der Waals surface area (Å²) in [6.07, 6.45) is 2.72. The van der Waals surface area contributed by atoms with E-state index >= 15 is 0 Å². The Morgan fingerprint density at radius 2 is 2.12 bits per heavy atom. The van der Waals surface area contributed by atoms with Crippen molar-refractivity contribution < 1.29 is 9.84 Å². The molecule has 17 heavy (non-hydrogen) atoms. The molecule has 1 saturated carbocycles. The zero-order valence-electron chi connectivity index (χ0n) is 10.9. The highest BCUT2D eigenvalue weighted by Gasteiger charge is 2.44. The van der Waals surface area contributed by atoms with Crippen LogP contribution in [0.25, 0.3) is 0 Å². The molecule has 0 atom stereocenters. The highest BCUT2D eigenvalue weighted by molar-refractivity contribution is 5.30. The Morgan fingerprint density at radius 1 is 1.41 bits per heavy atom. The summed E-state index contributed by atoms with van der Waals surface area (Å²) in [6.45, 7) is 4.43. The average molecular weight is 234 g/mol. The summed E-state index contributed by atoms with van der Waals surface area (Å²) in [5.41, 5.74) is 1.70. The van der Waals surface area contributed by atoms with Crippen LogP contribution < -0.4 is 0 Å². The minimum Gasteiger partial charge on any atom is -0.385 e. The number of hydrogen-bond donors (Lipinski definition) is 1. The molecule has 0 aromatic heterocycles. The van der Waals surface area contributed by atoms with Crippen molar-refractivity contribution in [3.05, 3.63) is 35.4 Å². The van der Waals surface area contributed by atoms with Crippen molar-refractivity contribution in [3.63, 3.8) is 0 Å². The molecule has 1 aliphatic rings. The van der Waals surface area contributed by atoms with Gasteiger partial charge in [0, 0.05) is 20.0 Å². The zero-order valence-corrected chi connectivity index (χ0v) is 10.9. The normalized spacial score (nSPS) is 28.2. The monoisotopic (exact) mass is 234 g/mol. The first-order chi connectivity index (χ1) is 8.03. The van der Waals surface area contributed by atoms with Gasteiger partial charge < -0.3 is 9.84 Å². The molecule has 1 fully saturated rings. The summed E-state index contributed by atoms with van der Waals surface area (Å²) in [5, 5.41) is 10.5. The lowest BCUT2D eigenvalue weighted by Gasteiger charge is -2.43. The lowest BCUT2D eigenvalue weighted by atomic mass is 9.72. The van der Waals surface area contributed by atoms with E-state index in [2.05, 4.69) is 26.0 Å². The van der Waals surface area contributed by atoms with Gasteiger partial charge in [-0.15, -0.1) is 0 Å². The second kappa shape index (κ2) is 4.79. The van der Waals surface area contributed by atoms with Crippen molar-refractivity contribution in [2.75, 3.05) is 7.11 Å². The first-order valence-corrected chi connectivity index (χ1v) is 6.38. The topological polar surface area (TPSA) is 29.5 Å². The van der Waals surface area contributed by atoms with Gasteiger partial charge in [0.05, 0.1) is 11.7 Å². The van der Waals surface area contributed by atoms with Crippen LogP contribution in [-0.4, -0.2) is 18.3 Å². The SMILES string of the molecule is COC1CC(O)(c2cccc(CC(C)C)c2)C1. The number of rotatable bonds is 4. The maximum atomic E-state index is 10.5. The molecular weight excluding hydrogens is 212 g/mol. The zero-order chi connectivity index (χ0) is 12.5. The van der Waals surface area contributed by atoms with Gasteiger partial charge in [0.25, 0.3) is 0 Å². The number of hydrogen-bond acceptors (Lipinski definition) is 2. The molecule has 1 aromatic rings. The molecule has 2 rings (SSSR count). The molecule has 0 spiro atoms. The van der Waals surface area contributed by atoms with Crippen LogP contribution in [0.2, 0.25) is 0 Å². The van der Waals surface area contributed by atoms with Crippen molar-refractivity contribution >= 4 is 0 Å². The minimum absolute atomic E-state index is 0.216. The lowest BCUT2D eigenvalue weighted by molar-refractivity contribution is -0.133. The Morgan fingerprint density at radius 3 is 2.71 bits per heavy atom. The smallest absolute Gasteiger partial charge is 0.0946 e. The van der Waals surface area contributed by atoms with Gasteiger partial charge >= 0.3 is 0 Å². The first kappa shape index (κ1) is 12.6. The van der Waals surface area contributed by atoms with E-state index in [-0.39, 0.29) is 6.10 Å². The second-order valence-corrected chi connectivity index (χ2v) is 5.60. The summed E-state index contributed by atoms with van der Waals surface area (Å²) in [7, 11) is 1.71. The fraction of sp³-hybridized carbons (Fsp3) is 0.600. The summed E-state index contributed by atoms with van der Waals surface area (Å²) in [5.74, 6) is 0.646. The van der Waals surface area contributed by atoms with Gasteiger partial charge in [0.1, 0.15) is 0 Å². The van der Waals surface area contributed by atoms with Crippen LogP contribution in [0.3, 0.4) is 0 Å². The van der Waals surface area contributed by atoms with Crippen molar-refractivity contribution in [2.24, 2.45) is 5.92 Å². The Kier molecular flexibility index (Phi) is 3.55. The minimum atomic E-state index is -0.659. The molecule has 94 valence electrons. The van der Waals surface area contributed by atoms with Crippen LogP contribution in [0.5, 0.6) is 0 Å². The summed E-state index contributed by atoms with van der Waals surface area (Å²) in [4.78, 5) is 0. The summed E-state index contributed by atoms with van der Waals surface area (Å²) >= 11 is 0. The molecule has 0 heterocycles. The van der Waals surface area contributed by atoms with E-state index in [1.54, 1.807) is 7.11 Å². The second-order valence-electron chi connectivity index (χ2n) is 5.60. The maximum absolute atomic E-state index is 10.5. The molecule has 1 aromatic carbocycles. The average Bonchev–Trinajstić information content (AvgIpc) is 2.24.